The van der Waals surface area contributed by atoms with Gasteiger partial charge in [-0.05, 0) is 42.8 Å². The van der Waals surface area contributed by atoms with Crippen molar-refractivity contribution in [2.24, 2.45) is 0 Å². The summed E-state index contributed by atoms with van der Waals surface area (Å²) in [6.45, 7) is 5.39. The molecule has 1 N–H and O–H groups in total. The molecule has 1 amide bonds. The number of hydrogen-bond donors (Lipinski definition) is 1. The predicted molar refractivity (Wildman–Crippen MR) is 78.3 cm³/mol. The molecule has 0 unspecified atom stereocenters. The van der Waals surface area contributed by atoms with Gasteiger partial charge in [-0.15, -0.1) is 0 Å². The lowest BCUT2D eigenvalue weighted by Crippen LogP contribution is -2.17. The number of hydrogen-bond acceptors (Lipinski definition) is 2. The van der Waals surface area contributed by atoms with Crippen LogP contribution >= 0.6 is 0 Å². The van der Waals surface area contributed by atoms with Crippen LogP contribution in [0.2, 0.25) is 0 Å². The van der Waals surface area contributed by atoms with Gasteiger partial charge in [-0.1, -0.05) is 6.58 Å². The lowest BCUT2D eigenvalue weighted by atomic mass is 10.1. The minimum Gasteiger partial charge on any atom is -0.306 e. The Morgan fingerprint density at radius 1 is 1.22 bits per heavy atom. The van der Waals surface area contributed by atoms with Gasteiger partial charge in [0.25, 0.3) is 5.91 Å². The number of amides is 1. The van der Waals surface area contributed by atoms with E-state index in [1.165, 1.54) is 6.20 Å². The zero-order valence-electron chi connectivity index (χ0n) is 12.0. The Morgan fingerprint density at radius 2 is 1.91 bits per heavy atom. The Bertz CT molecular complexity index is 769. The Morgan fingerprint density at radius 3 is 2.52 bits per heavy atom. The van der Waals surface area contributed by atoms with Gasteiger partial charge < -0.3 is 5.32 Å². The van der Waals surface area contributed by atoms with E-state index >= 15 is 0 Å². The molecule has 0 saturated heterocycles. The molecular formula is C16H12F4N2O. The second kappa shape index (κ2) is 6.20. The van der Waals surface area contributed by atoms with Gasteiger partial charge >= 0.3 is 6.18 Å². The van der Waals surface area contributed by atoms with Gasteiger partial charge in [0.05, 0.1) is 11.1 Å². The number of carbonyl (C=O) groups is 1. The third kappa shape index (κ3) is 3.74. The molecule has 0 atom stereocenters. The number of nitrogens with zero attached hydrogens (tertiary/aromatic N) is 1. The molecule has 0 radical (unpaired) electrons. The van der Waals surface area contributed by atoms with E-state index in [-0.39, 0.29) is 5.82 Å². The summed E-state index contributed by atoms with van der Waals surface area (Å²) in [5.74, 6) is -1.97. The van der Waals surface area contributed by atoms with Crippen molar-refractivity contribution in [3.63, 3.8) is 0 Å². The maximum Gasteiger partial charge on any atom is 0.416 e. The number of benzene rings is 1. The molecule has 0 spiro atoms. The first-order valence-corrected chi connectivity index (χ1v) is 6.49. The molecule has 0 saturated carbocycles. The monoisotopic (exact) mass is 324 g/mol. The van der Waals surface area contributed by atoms with Gasteiger partial charge in [0, 0.05) is 11.8 Å². The molecule has 1 heterocycles. The second-order valence-electron chi connectivity index (χ2n) is 4.83. The van der Waals surface area contributed by atoms with E-state index in [4.69, 9.17) is 0 Å². The van der Waals surface area contributed by atoms with Gasteiger partial charge in [-0.2, -0.15) is 13.2 Å². The third-order valence-corrected chi connectivity index (χ3v) is 3.04. The molecule has 0 aliphatic carbocycles. The van der Waals surface area contributed by atoms with Crippen LogP contribution in [0.3, 0.4) is 0 Å². The molecule has 0 bridgehead atoms. The van der Waals surface area contributed by atoms with Crippen molar-refractivity contribution >= 4 is 17.3 Å². The fourth-order valence-electron chi connectivity index (χ4n) is 1.90. The summed E-state index contributed by atoms with van der Waals surface area (Å²) in [6, 6.07) is 4.90. The number of aromatic nitrogens is 1. The molecule has 120 valence electrons. The number of rotatable bonds is 3. The fraction of sp³-hybridized carbons (Fsp3) is 0.125. The summed E-state index contributed by atoms with van der Waals surface area (Å²) in [5.41, 5.74) is -0.713. The van der Waals surface area contributed by atoms with Crippen LogP contribution in [0.4, 0.5) is 23.4 Å². The van der Waals surface area contributed by atoms with E-state index in [1.54, 1.807) is 19.1 Å². The first kappa shape index (κ1) is 16.7. The first-order chi connectivity index (χ1) is 10.7. The number of pyridine rings is 1. The topological polar surface area (TPSA) is 42.0 Å². The second-order valence-corrected chi connectivity index (χ2v) is 4.83. The van der Waals surface area contributed by atoms with Crippen molar-refractivity contribution in [2.75, 3.05) is 5.32 Å². The van der Waals surface area contributed by atoms with Crippen LogP contribution in [-0.2, 0) is 6.18 Å². The number of anilines is 1. The molecule has 0 aliphatic heterocycles. The maximum atomic E-state index is 13.7. The molecule has 2 aromatic rings. The number of alkyl halides is 3. The van der Waals surface area contributed by atoms with Crippen LogP contribution in [0.15, 0.2) is 43.1 Å². The van der Waals surface area contributed by atoms with Gasteiger partial charge in [0.2, 0.25) is 0 Å². The summed E-state index contributed by atoms with van der Waals surface area (Å²) < 4.78 is 51.7. The minimum atomic E-state index is -4.67. The number of carbonyl (C=O) groups excluding carboxylic acids is 1. The largest absolute Gasteiger partial charge is 0.416 e. The molecule has 2 rings (SSSR count). The van der Waals surface area contributed by atoms with Crippen molar-refractivity contribution in [3.05, 3.63) is 65.6 Å². The standard InChI is InChI=1S/C16H12F4N2O/c1-9(2)11-4-3-7-21-14(11)22-15(23)12-8-10(16(18,19)20)5-6-13(12)17/h3-8H,1H2,2H3,(H,21,22,23). The number of allylic oxidation sites excluding steroid dienone is 1. The molecule has 23 heavy (non-hydrogen) atoms. The van der Waals surface area contributed by atoms with Crippen molar-refractivity contribution in [2.45, 2.75) is 13.1 Å². The van der Waals surface area contributed by atoms with E-state index in [0.29, 0.717) is 29.3 Å². The van der Waals surface area contributed by atoms with Crippen LogP contribution in [0, 0.1) is 5.82 Å². The highest BCUT2D eigenvalue weighted by Gasteiger charge is 2.32. The van der Waals surface area contributed by atoms with E-state index in [2.05, 4.69) is 16.9 Å². The predicted octanol–water partition coefficient (Wildman–Crippen LogP) is 4.52. The summed E-state index contributed by atoms with van der Waals surface area (Å²) in [6.07, 6.45) is -3.28. The summed E-state index contributed by atoms with van der Waals surface area (Å²) >= 11 is 0. The Kier molecular flexibility index (Phi) is 4.49. The third-order valence-electron chi connectivity index (χ3n) is 3.04. The number of nitrogens with one attached hydrogen (secondary N) is 1. The number of halogens is 4. The SMILES string of the molecule is C=C(C)c1cccnc1NC(=O)c1cc(C(F)(F)F)ccc1F. The zero-order chi connectivity index (χ0) is 17.2. The highest BCUT2D eigenvalue weighted by molar-refractivity contribution is 6.05. The smallest absolute Gasteiger partial charge is 0.306 e. The normalized spacial score (nSPS) is 11.2. The molecule has 1 aromatic heterocycles. The van der Waals surface area contributed by atoms with Crippen LogP contribution < -0.4 is 5.32 Å². The maximum absolute atomic E-state index is 13.7. The molecule has 7 heteroatoms. The summed E-state index contributed by atoms with van der Waals surface area (Å²) in [4.78, 5) is 16.0. The Balaban J connectivity index is 2.37. The van der Waals surface area contributed by atoms with Crippen molar-refractivity contribution in [3.8, 4) is 0 Å². The molecule has 3 nitrogen and oxygen atoms in total. The van der Waals surface area contributed by atoms with Gasteiger partial charge in [-0.3, -0.25) is 4.79 Å². The van der Waals surface area contributed by atoms with E-state index in [9.17, 15) is 22.4 Å². The van der Waals surface area contributed by atoms with E-state index in [1.807, 2.05) is 0 Å². The van der Waals surface area contributed by atoms with Gasteiger partial charge in [0.1, 0.15) is 11.6 Å². The van der Waals surface area contributed by atoms with Gasteiger partial charge in [0.15, 0.2) is 0 Å². The average Bonchev–Trinajstić information content (AvgIpc) is 2.46. The average molecular weight is 324 g/mol. The van der Waals surface area contributed by atoms with Crippen molar-refractivity contribution in [1.29, 1.82) is 0 Å². The molecule has 0 aliphatic rings. The highest BCUT2D eigenvalue weighted by Crippen LogP contribution is 2.30. The van der Waals surface area contributed by atoms with Gasteiger partial charge in [-0.25, -0.2) is 9.37 Å². The Labute approximate surface area is 129 Å². The first-order valence-electron chi connectivity index (χ1n) is 6.49. The highest BCUT2D eigenvalue weighted by atomic mass is 19.4. The fourth-order valence-corrected chi connectivity index (χ4v) is 1.90. The van der Waals surface area contributed by atoms with Crippen molar-refractivity contribution in [1.82, 2.24) is 4.98 Å². The van der Waals surface area contributed by atoms with Crippen molar-refractivity contribution < 1.29 is 22.4 Å². The van der Waals surface area contributed by atoms with Crippen LogP contribution in [0.5, 0.6) is 0 Å². The molecular weight excluding hydrogens is 312 g/mol. The lowest BCUT2D eigenvalue weighted by Gasteiger charge is -2.12. The Hall–Kier alpha value is -2.70. The van der Waals surface area contributed by atoms with Crippen LogP contribution in [0.1, 0.15) is 28.4 Å². The summed E-state index contributed by atoms with van der Waals surface area (Å²) in [5, 5.41) is 2.31. The van der Waals surface area contributed by atoms with E-state index < -0.39 is 29.0 Å². The van der Waals surface area contributed by atoms with E-state index in [0.717, 1.165) is 0 Å². The zero-order valence-corrected chi connectivity index (χ0v) is 12.0. The lowest BCUT2D eigenvalue weighted by molar-refractivity contribution is -0.137. The summed E-state index contributed by atoms with van der Waals surface area (Å²) in [7, 11) is 0. The molecule has 0 fully saturated rings. The van der Waals surface area contributed by atoms with Crippen LogP contribution in [0.25, 0.3) is 5.57 Å². The molecule has 1 aromatic carbocycles. The van der Waals surface area contributed by atoms with Crippen LogP contribution in [-0.4, -0.2) is 10.9 Å². The minimum absolute atomic E-state index is 0.0989. The quantitative estimate of drug-likeness (QED) is 0.843.